The second-order valence-electron chi connectivity index (χ2n) is 7.98. The highest BCUT2D eigenvalue weighted by molar-refractivity contribution is 5.11. The van der Waals surface area contributed by atoms with Gasteiger partial charge in [-0.2, -0.15) is 0 Å². The molecular formula is C17H31N. The molecule has 0 aromatic rings. The Morgan fingerprint density at radius 1 is 1.39 bits per heavy atom. The molecule has 1 saturated carbocycles. The van der Waals surface area contributed by atoms with Gasteiger partial charge in [0.25, 0.3) is 0 Å². The Balaban J connectivity index is 1.89. The molecule has 2 rings (SSSR count). The van der Waals surface area contributed by atoms with Crippen LogP contribution in [0.15, 0.2) is 11.6 Å². The van der Waals surface area contributed by atoms with Gasteiger partial charge in [0.1, 0.15) is 0 Å². The minimum atomic E-state index is 0.312. The molecule has 0 bridgehead atoms. The van der Waals surface area contributed by atoms with Crippen molar-refractivity contribution in [2.75, 3.05) is 13.6 Å². The standard InChI is InChI=1S/C17H31N/c1-13-7-9-14(10-8-13)17(5)11-15(17)12-18(6)16(2,3)4/h7,14-15H,8-12H2,1-6H3. The van der Waals surface area contributed by atoms with Gasteiger partial charge in [-0.1, -0.05) is 18.6 Å². The average molecular weight is 249 g/mol. The van der Waals surface area contributed by atoms with E-state index < -0.39 is 0 Å². The molecule has 18 heavy (non-hydrogen) atoms. The molecule has 0 amide bonds. The van der Waals surface area contributed by atoms with Gasteiger partial charge in [0, 0.05) is 12.1 Å². The summed E-state index contributed by atoms with van der Waals surface area (Å²) in [5.41, 5.74) is 2.56. The van der Waals surface area contributed by atoms with Crippen LogP contribution in [0.4, 0.5) is 0 Å². The van der Waals surface area contributed by atoms with Gasteiger partial charge < -0.3 is 4.90 Å². The van der Waals surface area contributed by atoms with Crippen molar-refractivity contribution >= 4 is 0 Å². The van der Waals surface area contributed by atoms with Crippen molar-refractivity contribution in [3.05, 3.63) is 11.6 Å². The Kier molecular flexibility index (Phi) is 3.66. The maximum Gasteiger partial charge on any atom is 0.0122 e. The van der Waals surface area contributed by atoms with E-state index in [9.17, 15) is 0 Å². The molecular weight excluding hydrogens is 218 g/mol. The SMILES string of the molecule is CC1=CCC(C2(C)CC2CN(C)C(C)(C)C)CC1. The lowest BCUT2D eigenvalue weighted by Gasteiger charge is -2.34. The van der Waals surface area contributed by atoms with E-state index in [0.29, 0.717) is 11.0 Å². The van der Waals surface area contributed by atoms with Crippen LogP contribution < -0.4 is 0 Å². The van der Waals surface area contributed by atoms with Crippen molar-refractivity contribution in [3.8, 4) is 0 Å². The van der Waals surface area contributed by atoms with Crippen LogP contribution in [-0.2, 0) is 0 Å². The Morgan fingerprint density at radius 2 is 2.06 bits per heavy atom. The van der Waals surface area contributed by atoms with E-state index in [4.69, 9.17) is 0 Å². The summed E-state index contributed by atoms with van der Waals surface area (Å²) in [5.74, 6) is 1.87. The van der Waals surface area contributed by atoms with Crippen LogP contribution in [0.2, 0.25) is 0 Å². The zero-order valence-electron chi connectivity index (χ0n) is 13.2. The average Bonchev–Trinajstić information content (AvgIpc) is 2.90. The first-order valence-corrected chi connectivity index (χ1v) is 7.60. The highest BCUT2D eigenvalue weighted by Crippen LogP contribution is 2.60. The van der Waals surface area contributed by atoms with Gasteiger partial charge in [-0.3, -0.25) is 0 Å². The molecule has 104 valence electrons. The minimum Gasteiger partial charge on any atom is -0.301 e. The van der Waals surface area contributed by atoms with Crippen molar-refractivity contribution < 1.29 is 0 Å². The van der Waals surface area contributed by atoms with Gasteiger partial charge in [-0.05, 0) is 77.7 Å². The monoisotopic (exact) mass is 249 g/mol. The summed E-state index contributed by atoms with van der Waals surface area (Å²) in [6.07, 6.45) is 8.03. The molecule has 0 aromatic heterocycles. The fourth-order valence-corrected chi connectivity index (χ4v) is 3.41. The topological polar surface area (TPSA) is 3.24 Å². The third-order valence-electron chi connectivity index (χ3n) is 5.67. The van der Waals surface area contributed by atoms with Crippen molar-refractivity contribution in [2.45, 2.75) is 65.8 Å². The molecule has 2 aliphatic carbocycles. The van der Waals surface area contributed by atoms with E-state index in [1.165, 1.54) is 32.2 Å². The van der Waals surface area contributed by atoms with Gasteiger partial charge in [-0.25, -0.2) is 0 Å². The number of allylic oxidation sites excluding steroid dienone is 2. The number of nitrogens with zero attached hydrogens (tertiary/aromatic N) is 1. The normalized spacial score (nSPS) is 36.7. The van der Waals surface area contributed by atoms with Crippen LogP contribution in [0.1, 0.15) is 60.3 Å². The molecule has 1 heteroatoms. The second kappa shape index (κ2) is 4.67. The fourth-order valence-electron chi connectivity index (χ4n) is 3.41. The Bertz CT molecular complexity index is 336. The van der Waals surface area contributed by atoms with Gasteiger partial charge in [0.2, 0.25) is 0 Å². The van der Waals surface area contributed by atoms with Crippen LogP contribution >= 0.6 is 0 Å². The molecule has 2 aliphatic rings. The van der Waals surface area contributed by atoms with Crippen LogP contribution in [0.5, 0.6) is 0 Å². The van der Waals surface area contributed by atoms with Crippen molar-refractivity contribution in [2.24, 2.45) is 17.3 Å². The highest BCUT2D eigenvalue weighted by atomic mass is 15.2. The molecule has 0 heterocycles. The quantitative estimate of drug-likeness (QED) is 0.666. The first-order chi connectivity index (χ1) is 8.23. The van der Waals surface area contributed by atoms with Crippen molar-refractivity contribution in [1.82, 2.24) is 4.90 Å². The third kappa shape index (κ3) is 2.82. The van der Waals surface area contributed by atoms with Crippen LogP contribution in [-0.4, -0.2) is 24.0 Å². The zero-order valence-corrected chi connectivity index (χ0v) is 13.2. The van der Waals surface area contributed by atoms with Gasteiger partial charge in [0.15, 0.2) is 0 Å². The molecule has 0 saturated heterocycles. The Labute approximate surface area is 114 Å². The van der Waals surface area contributed by atoms with Crippen molar-refractivity contribution in [1.29, 1.82) is 0 Å². The van der Waals surface area contributed by atoms with E-state index >= 15 is 0 Å². The number of rotatable bonds is 3. The lowest BCUT2D eigenvalue weighted by Crippen LogP contribution is -2.40. The van der Waals surface area contributed by atoms with E-state index in [2.05, 4.69) is 52.6 Å². The summed E-state index contributed by atoms with van der Waals surface area (Å²) >= 11 is 0. The molecule has 3 unspecified atom stereocenters. The molecule has 0 radical (unpaired) electrons. The minimum absolute atomic E-state index is 0.312. The molecule has 0 aromatic carbocycles. The molecule has 3 atom stereocenters. The number of hydrogen-bond donors (Lipinski definition) is 0. The third-order valence-corrected chi connectivity index (χ3v) is 5.67. The zero-order chi connectivity index (χ0) is 13.6. The largest absolute Gasteiger partial charge is 0.301 e. The van der Waals surface area contributed by atoms with E-state index in [1.807, 2.05) is 0 Å². The fraction of sp³-hybridized carbons (Fsp3) is 0.882. The Hall–Kier alpha value is -0.300. The van der Waals surface area contributed by atoms with Gasteiger partial charge in [-0.15, -0.1) is 0 Å². The maximum absolute atomic E-state index is 2.54. The van der Waals surface area contributed by atoms with Gasteiger partial charge >= 0.3 is 0 Å². The second-order valence-corrected chi connectivity index (χ2v) is 7.98. The van der Waals surface area contributed by atoms with E-state index in [1.54, 1.807) is 5.57 Å². The lowest BCUT2D eigenvalue weighted by atomic mass is 9.78. The van der Waals surface area contributed by atoms with Crippen LogP contribution in [0.3, 0.4) is 0 Å². The summed E-state index contributed by atoms with van der Waals surface area (Å²) in [5, 5.41) is 0. The van der Waals surface area contributed by atoms with Crippen LogP contribution in [0.25, 0.3) is 0 Å². The maximum atomic E-state index is 2.54. The van der Waals surface area contributed by atoms with Crippen molar-refractivity contribution in [3.63, 3.8) is 0 Å². The summed E-state index contributed by atoms with van der Waals surface area (Å²) in [6, 6.07) is 0. The van der Waals surface area contributed by atoms with Crippen LogP contribution in [0, 0.1) is 17.3 Å². The summed E-state index contributed by atoms with van der Waals surface area (Å²) in [7, 11) is 2.28. The first kappa shape index (κ1) is 14.1. The van der Waals surface area contributed by atoms with E-state index in [-0.39, 0.29) is 0 Å². The molecule has 1 fully saturated rings. The van der Waals surface area contributed by atoms with E-state index in [0.717, 1.165) is 11.8 Å². The number of hydrogen-bond acceptors (Lipinski definition) is 1. The predicted octanol–water partition coefficient (Wildman–Crippen LogP) is 4.49. The molecule has 0 N–H and O–H groups in total. The predicted molar refractivity (Wildman–Crippen MR) is 79.7 cm³/mol. The lowest BCUT2D eigenvalue weighted by molar-refractivity contribution is 0.151. The Morgan fingerprint density at radius 3 is 2.56 bits per heavy atom. The summed E-state index contributed by atoms with van der Waals surface area (Å²) in [4.78, 5) is 2.53. The summed E-state index contributed by atoms with van der Waals surface area (Å²) in [6.45, 7) is 13.1. The molecule has 0 spiro atoms. The summed E-state index contributed by atoms with van der Waals surface area (Å²) < 4.78 is 0. The first-order valence-electron chi connectivity index (χ1n) is 7.60. The molecule has 1 nitrogen and oxygen atoms in total. The smallest absolute Gasteiger partial charge is 0.0122 e. The van der Waals surface area contributed by atoms with Gasteiger partial charge in [0.05, 0.1) is 0 Å². The molecule has 0 aliphatic heterocycles. The highest BCUT2D eigenvalue weighted by Gasteiger charge is 2.54.